The Balaban J connectivity index is 1.76. The van der Waals surface area contributed by atoms with Gasteiger partial charge in [0, 0.05) is 32.4 Å². The van der Waals surface area contributed by atoms with Gasteiger partial charge in [-0.25, -0.2) is 4.98 Å². The number of nitrogens with one attached hydrogen (secondary N) is 1. The molecule has 2 amide bonds. The molecule has 0 radical (unpaired) electrons. The predicted octanol–water partition coefficient (Wildman–Crippen LogP) is 2.45. The molecule has 0 spiro atoms. The van der Waals surface area contributed by atoms with E-state index in [9.17, 15) is 9.59 Å². The largest absolute Gasteiger partial charge is 0.446 e. The third-order valence-corrected chi connectivity index (χ3v) is 4.55. The van der Waals surface area contributed by atoms with Crippen LogP contribution in [0.15, 0.2) is 53.5 Å². The van der Waals surface area contributed by atoms with Gasteiger partial charge in [0.05, 0.1) is 6.20 Å². The van der Waals surface area contributed by atoms with Gasteiger partial charge in [0.15, 0.2) is 12.2 Å². The fourth-order valence-corrected chi connectivity index (χ4v) is 3.32. The van der Waals surface area contributed by atoms with Gasteiger partial charge in [0.1, 0.15) is 11.7 Å². The number of benzene rings is 1. The van der Waals surface area contributed by atoms with Gasteiger partial charge in [-0.2, -0.15) is 0 Å². The van der Waals surface area contributed by atoms with E-state index in [1.165, 1.54) is 11.3 Å². The minimum absolute atomic E-state index is 0.0711. The lowest BCUT2D eigenvalue weighted by Gasteiger charge is -2.22. The maximum Gasteiger partial charge on any atom is 0.271 e. The lowest BCUT2D eigenvalue weighted by atomic mass is 10.0. The number of carbonyl (C=O) groups excluding carboxylic acids is 2. The zero-order valence-electron chi connectivity index (χ0n) is 14.5. The van der Waals surface area contributed by atoms with E-state index in [0.717, 1.165) is 11.1 Å². The number of fused-ring (bicyclic) bond motifs is 1. The first-order valence-corrected chi connectivity index (χ1v) is 8.23. The molecule has 1 N–H and O–H groups in total. The van der Waals surface area contributed by atoms with Gasteiger partial charge in [-0.15, -0.1) is 0 Å². The number of nitrogens with zero attached hydrogens (tertiary/aromatic N) is 3. The van der Waals surface area contributed by atoms with Crippen LogP contribution in [0.4, 0.5) is 0 Å². The monoisotopic (exact) mass is 350 g/mol. The number of rotatable bonds is 3. The highest BCUT2D eigenvalue weighted by Crippen LogP contribution is 2.39. The Hall–Kier alpha value is -3.35. The molecule has 1 atom stereocenters. The van der Waals surface area contributed by atoms with Gasteiger partial charge in [0.25, 0.3) is 11.8 Å². The summed E-state index contributed by atoms with van der Waals surface area (Å²) in [7, 11) is 3.43. The smallest absolute Gasteiger partial charge is 0.271 e. The van der Waals surface area contributed by atoms with Crippen LogP contribution in [0.3, 0.4) is 0 Å². The van der Waals surface area contributed by atoms with Crippen molar-refractivity contribution in [1.29, 1.82) is 0 Å². The first-order chi connectivity index (χ1) is 12.6. The van der Waals surface area contributed by atoms with E-state index < -0.39 is 0 Å². The van der Waals surface area contributed by atoms with Crippen molar-refractivity contribution >= 4 is 11.8 Å². The molecule has 3 aromatic rings. The van der Waals surface area contributed by atoms with Crippen molar-refractivity contribution in [2.45, 2.75) is 12.6 Å². The van der Waals surface area contributed by atoms with Crippen molar-refractivity contribution in [3.05, 3.63) is 77.3 Å². The van der Waals surface area contributed by atoms with Gasteiger partial charge in [0.2, 0.25) is 0 Å². The lowest BCUT2D eigenvalue weighted by molar-refractivity contribution is 0.0698. The summed E-state index contributed by atoms with van der Waals surface area (Å²) in [5.41, 5.74) is 2.97. The van der Waals surface area contributed by atoms with Crippen LogP contribution in [0.1, 0.15) is 43.8 Å². The summed E-state index contributed by atoms with van der Waals surface area (Å²) in [4.78, 5) is 35.4. The van der Waals surface area contributed by atoms with E-state index in [1.807, 2.05) is 12.1 Å². The van der Waals surface area contributed by atoms with Crippen molar-refractivity contribution in [2.75, 3.05) is 14.1 Å². The first kappa shape index (κ1) is 16.1. The second-order valence-corrected chi connectivity index (χ2v) is 6.44. The van der Waals surface area contributed by atoms with E-state index in [2.05, 4.69) is 9.97 Å². The van der Waals surface area contributed by atoms with Gasteiger partial charge >= 0.3 is 0 Å². The number of hydrogen-bond acceptors (Lipinski definition) is 4. The molecule has 7 nitrogen and oxygen atoms in total. The quantitative estimate of drug-likeness (QED) is 0.786. The molecule has 132 valence electrons. The second kappa shape index (κ2) is 6.18. The number of carbonyl (C=O) groups is 2. The molecule has 7 heteroatoms. The third-order valence-electron chi connectivity index (χ3n) is 4.55. The highest BCUT2D eigenvalue weighted by Gasteiger charge is 2.37. The Morgan fingerprint density at radius 2 is 2.15 bits per heavy atom. The van der Waals surface area contributed by atoms with Crippen LogP contribution in [-0.2, 0) is 6.54 Å². The Labute approximate surface area is 150 Å². The number of hydrogen-bond donors (Lipinski definition) is 1. The highest BCUT2D eigenvalue weighted by atomic mass is 16.3. The summed E-state index contributed by atoms with van der Waals surface area (Å²) in [6.45, 7) is 0.396. The number of H-pyrrole nitrogens is 1. The normalized spacial score (nSPS) is 15.8. The zero-order valence-corrected chi connectivity index (χ0v) is 14.5. The summed E-state index contributed by atoms with van der Waals surface area (Å²) in [6.07, 6.45) is 4.69. The van der Waals surface area contributed by atoms with Crippen LogP contribution < -0.4 is 0 Å². The Bertz CT molecular complexity index is 945. The molecule has 0 bridgehead atoms. The maximum atomic E-state index is 13.0. The Kier molecular flexibility index (Phi) is 3.84. The zero-order chi connectivity index (χ0) is 18.3. The molecule has 4 rings (SSSR count). The van der Waals surface area contributed by atoms with Crippen LogP contribution in [0, 0.1) is 0 Å². The van der Waals surface area contributed by atoms with Crippen molar-refractivity contribution in [3.8, 4) is 0 Å². The van der Waals surface area contributed by atoms with Crippen LogP contribution in [0.2, 0.25) is 0 Å². The van der Waals surface area contributed by atoms with Gasteiger partial charge in [-0.3, -0.25) is 9.59 Å². The average Bonchev–Trinajstić information content (AvgIpc) is 3.39. The molecule has 0 aliphatic carbocycles. The van der Waals surface area contributed by atoms with Crippen LogP contribution in [0.5, 0.6) is 0 Å². The first-order valence-electron chi connectivity index (χ1n) is 8.23. The molecule has 1 aromatic carbocycles. The molecule has 26 heavy (non-hydrogen) atoms. The molecular weight excluding hydrogens is 332 g/mol. The van der Waals surface area contributed by atoms with E-state index in [4.69, 9.17) is 4.42 Å². The highest BCUT2D eigenvalue weighted by molar-refractivity contribution is 5.95. The molecule has 3 heterocycles. The van der Waals surface area contributed by atoms with Gasteiger partial charge in [-0.1, -0.05) is 6.07 Å². The van der Waals surface area contributed by atoms with Gasteiger partial charge in [-0.05, 0) is 35.4 Å². The average molecular weight is 350 g/mol. The van der Waals surface area contributed by atoms with E-state index in [-0.39, 0.29) is 17.9 Å². The molecule has 0 saturated carbocycles. The van der Waals surface area contributed by atoms with E-state index in [1.54, 1.807) is 49.6 Å². The number of oxazole rings is 1. The predicted molar refractivity (Wildman–Crippen MR) is 93.5 cm³/mol. The maximum absolute atomic E-state index is 13.0. The SMILES string of the molecule is CN(C)C(=O)c1ccc2c(c1)CN(C(=O)c1ccc[nH]1)[C@H]2c1cnco1. The summed E-state index contributed by atoms with van der Waals surface area (Å²) in [6, 6.07) is 8.68. The molecule has 1 aliphatic rings. The molecule has 1 aliphatic heterocycles. The summed E-state index contributed by atoms with van der Waals surface area (Å²) in [5, 5.41) is 0. The Morgan fingerprint density at radius 1 is 1.31 bits per heavy atom. The molecule has 0 saturated heterocycles. The van der Waals surface area contributed by atoms with Crippen molar-refractivity contribution in [2.24, 2.45) is 0 Å². The standard InChI is InChI=1S/C19H18N4O3/c1-22(2)18(24)12-5-6-14-13(8-12)10-23(17(14)16-9-20-11-26-16)19(25)15-4-3-7-21-15/h3-9,11,17,21H,10H2,1-2H3/t17-/m1/s1. The third kappa shape index (κ3) is 2.57. The van der Waals surface area contributed by atoms with Crippen molar-refractivity contribution < 1.29 is 14.0 Å². The summed E-state index contributed by atoms with van der Waals surface area (Å²) in [5.74, 6) is 0.390. The summed E-state index contributed by atoms with van der Waals surface area (Å²) >= 11 is 0. The van der Waals surface area contributed by atoms with Crippen LogP contribution in [-0.4, -0.2) is 45.7 Å². The van der Waals surface area contributed by atoms with Crippen LogP contribution in [0.25, 0.3) is 0 Å². The van der Waals surface area contributed by atoms with Crippen LogP contribution >= 0.6 is 0 Å². The molecular formula is C19H18N4O3. The molecule has 0 fully saturated rings. The Morgan fingerprint density at radius 3 is 2.81 bits per heavy atom. The van der Waals surface area contributed by atoms with Gasteiger partial charge < -0.3 is 19.2 Å². The minimum Gasteiger partial charge on any atom is -0.446 e. The number of aromatic nitrogens is 2. The fourth-order valence-electron chi connectivity index (χ4n) is 3.32. The minimum atomic E-state index is -0.369. The van der Waals surface area contributed by atoms with Crippen molar-refractivity contribution in [3.63, 3.8) is 0 Å². The fraction of sp³-hybridized carbons (Fsp3) is 0.211. The number of amides is 2. The summed E-state index contributed by atoms with van der Waals surface area (Å²) < 4.78 is 5.50. The second-order valence-electron chi connectivity index (χ2n) is 6.44. The molecule has 0 unspecified atom stereocenters. The van der Waals surface area contributed by atoms with E-state index in [0.29, 0.717) is 23.6 Å². The topological polar surface area (TPSA) is 82.4 Å². The lowest BCUT2D eigenvalue weighted by Crippen LogP contribution is -2.30. The van der Waals surface area contributed by atoms with E-state index >= 15 is 0 Å². The molecule has 2 aromatic heterocycles. The number of aromatic amines is 1. The van der Waals surface area contributed by atoms with Crippen molar-refractivity contribution in [1.82, 2.24) is 19.8 Å².